The highest BCUT2D eigenvalue weighted by Crippen LogP contribution is 2.61. The van der Waals surface area contributed by atoms with Crippen LogP contribution in [0.5, 0.6) is 11.5 Å². The van der Waals surface area contributed by atoms with Gasteiger partial charge in [-0.15, -0.1) is 0 Å². The lowest BCUT2D eigenvalue weighted by Gasteiger charge is -2.09. The molecule has 4 aromatic carbocycles. The third-order valence-corrected chi connectivity index (χ3v) is 7.18. The zero-order chi connectivity index (χ0) is 37.0. The second kappa shape index (κ2) is 19.0. The first-order valence-corrected chi connectivity index (χ1v) is 20.0. The summed E-state index contributed by atoms with van der Waals surface area (Å²) in [7, 11) is 3.12. The number of benzene rings is 4. The molecule has 0 aliphatic carbocycles. The fourth-order valence-electron chi connectivity index (χ4n) is 4.26. The molecule has 2 aromatic heterocycles. The van der Waals surface area contributed by atoms with Crippen molar-refractivity contribution in [1.29, 1.82) is 0 Å². The van der Waals surface area contributed by atoms with E-state index in [1.54, 1.807) is 50.6 Å². The van der Waals surface area contributed by atoms with Crippen LogP contribution in [-0.4, -0.2) is 34.2 Å². The Morgan fingerprint density at radius 1 is 0.627 bits per heavy atom. The summed E-state index contributed by atoms with van der Waals surface area (Å²) in [6, 6.07) is 33.0. The Labute approximate surface area is 322 Å². The number of H-pyrrole nitrogens is 1. The number of hydrogen-bond donors (Lipinski definition) is 3. The lowest BCUT2D eigenvalue weighted by molar-refractivity contribution is 0.415. The summed E-state index contributed by atoms with van der Waals surface area (Å²) in [5.41, 5.74) is 4.38. The summed E-state index contributed by atoms with van der Waals surface area (Å²) in [5.74, 6) is 1.93. The van der Waals surface area contributed by atoms with E-state index in [9.17, 15) is 9.36 Å². The van der Waals surface area contributed by atoms with E-state index in [4.69, 9.17) is 44.3 Å². The Bertz CT molecular complexity index is 2170. The highest BCUT2D eigenvalue weighted by molar-refractivity contribution is 8.24. The lowest BCUT2D eigenvalue weighted by atomic mass is 10.1. The molecule has 51 heavy (non-hydrogen) atoms. The molecule has 17 heteroatoms. The first-order chi connectivity index (χ1) is 24.3. The smallest absolute Gasteiger partial charge is 0.339 e. The van der Waals surface area contributed by atoms with Crippen LogP contribution in [0.15, 0.2) is 114 Å². The van der Waals surface area contributed by atoms with Crippen molar-refractivity contribution in [3.8, 4) is 34.0 Å². The van der Waals surface area contributed by atoms with E-state index >= 15 is 0 Å². The van der Waals surface area contributed by atoms with E-state index < -0.39 is 5.20 Å². The van der Waals surface area contributed by atoms with Crippen LogP contribution < -0.4 is 25.7 Å². The maximum atomic E-state index is 11.9. The number of methoxy groups -OCH3 is 2. The van der Waals surface area contributed by atoms with Crippen LogP contribution in [0.1, 0.15) is 0 Å². The van der Waals surface area contributed by atoms with Crippen LogP contribution in [0, 0.1) is 0 Å². The molecule has 6 aromatic rings. The van der Waals surface area contributed by atoms with E-state index in [0.29, 0.717) is 50.0 Å². The van der Waals surface area contributed by atoms with Crippen molar-refractivity contribution in [2.45, 2.75) is 0 Å². The summed E-state index contributed by atoms with van der Waals surface area (Å²) >= 11 is 32.2. The van der Waals surface area contributed by atoms with E-state index in [1.807, 2.05) is 66.7 Å². The molecule has 0 saturated heterocycles. The van der Waals surface area contributed by atoms with Crippen molar-refractivity contribution >= 4 is 97.0 Å². The second-order valence-electron chi connectivity index (χ2n) is 9.96. The molecule has 6 rings (SSSR count). The van der Waals surface area contributed by atoms with Crippen LogP contribution in [-0.2, 0) is 4.57 Å². The summed E-state index contributed by atoms with van der Waals surface area (Å²) in [6.45, 7) is 0. The van der Waals surface area contributed by atoms with E-state index in [-0.39, 0.29) is 5.56 Å². The molecule has 0 radical (unpaired) electrons. The van der Waals surface area contributed by atoms with Crippen molar-refractivity contribution in [3.63, 3.8) is 0 Å². The zero-order valence-electron chi connectivity index (χ0n) is 26.6. The number of hydrogen-bond acceptors (Lipinski definition) is 9. The Kier molecular flexibility index (Phi) is 14.8. The molecule has 0 amide bonds. The summed E-state index contributed by atoms with van der Waals surface area (Å²) in [4.78, 5) is 27.6. The van der Waals surface area contributed by atoms with Crippen molar-refractivity contribution < 1.29 is 14.0 Å². The fourth-order valence-corrected chi connectivity index (χ4v) is 4.96. The van der Waals surface area contributed by atoms with Crippen molar-refractivity contribution in [2.75, 3.05) is 24.9 Å². The van der Waals surface area contributed by atoms with Gasteiger partial charge < -0.3 is 20.1 Å². The minimum atomic E-state index is -3.22. The van der Waals surface area contributed by atoms with Gasteiger partial charge in [0.1, 0.15) is 16.7 Å². The molecule has 0 atom stereocenters. The molecule has 0 saturated carbocycles. The highest BCUT2D eigenvalue weighted by Gasteiger charge is 2.09. The monoisotopic (exact) mass is 824 g/mol. The summed E-state index contributed by atoms with van der Waals surface area (Å²) < 4.78 is 19.8. The predicted molar refractivity (Wildman–Crippen MR) is 211 cm³/mol. The molecule has 0 spiro atoms. The second-order valence-corrected chi connectivity index (χ2v) is 17.8. The molecule has 0 aliphatic heterocycles. The van der Waals surface area contributed by atoms with Gasteiger partial charge in [-0.2, -0.15) is 0 Å². The van der Waals surface area contributed by atoms with Gasteiger partial charge in [-0.25, -0.2) is 15.0 Å². The molecule has 2 heterocycles. The minimum Gasteiger partial charge on any atom is -0.495 e. The van der Waals surface area contributed by atoms with Crippen LogP contribution in [0.4, 0.5) is 23.3 Å². The molecule has 0 fully saturated rings. The third-order valence-electron chi connectivity index (χ3n) is 6.40. The number of nitrogens with one attached hydrogen (secondary N) is 3. The average molecular weight is 827 g/mol. The van der Waals surface area contributed by atoms with Gasteiger partial charge >= 0.3 is 5.20 Å². The molecule has 0 aliphatic rings. The van der Waals surface area contributed by atoms with Crippen molar-refractivity contribution in [1.82, 2.24) is 19.9 Å². The molecule has 264 valence electrons. The quantitative estimate of drug-likeness (QED) is 0.101. The standard InChI is InChI=1S/C17H13Cl2N3O.C17H14ClN3O2.Cl3OP/c1-23-15-8-7-12(9-13(15)18)20-17-21-14(10-16(19)22-17)11-5-3-2-4-6-11;1-23-15-8-7-12(9-13(15)18)19-17-20-14(10-16(22)21-17)11-5-3-2-4-6-11;1-5(2,3)4/h2-10H,1H3,(H,20,21,22);2-10H,1H3,(H2,19,20,21,22);. The van der Waals surface area contributed by atoms with Crippen molar-refractivity contribution in [2.24, 2.45) is 0 Å². The van der Waals surface area contributed by atoms with Crippen molar-refractivity contribution in [3.05, 3.63) is 135 Å². The van der Waals surface area contributed by atoms with Gasteiger partial charge in [-0.05, 0) is 70.1 Å². The Morgan fingerprint density at radius 2 is 1.10 bits per heavy atom. The maximum absolute atomic E-state index is 11.9. The maximum Gasteiger partial charge on any atom is 0.339 e. The van der Waals surface area contributed by atoms with E-state index in [2.05, 4.69) is 64.3 Å². The van der Waals surface area contributed by atoms with Crippen LogP contribution >= 0.6 is 73.7 Å². The largest absolute Gasteiger partial charge is 0.495 e. The Hall–Kier alpha value is -3.99. The van der Waals surface area contributed by atoms with Gasteiger partial charge in [0.05, 0.1) is 35.7 Å². The van der Waals surface area contributed by atoms with Crippen LogP contribution in [0.3, 0.4) is 0 Å². The average Bonchev–Trinajstić information content (AvgIpc) is 3.08. The van der Waals surface area contributed by atoms with E-state index in [1.165, 1.54) is 6.07 Å². The van der Waals surface area contributed by atoms with Crippen LogP contribution in [0.2, 0.25) is 15.2 Å². The third kappa shape index (κ3) is 13.3. The number of rotatable bonds is 8. The molecular formula is C34H27Cl6N6O4P. The van der Waals surface area contributed by atoms with Gasteiger partial charge in [0.15, 0.2) is 0 Å². The normalized spacial score (nSPS) is 10.5. The Balaban J connectivity index is 0.000000202. The van der Waals surface area contributed by atoms with Gasteiger partial charge in [-0.1, -0.05) is 95.5 Å². The predicted octanol–water partition coefficient (Wildman–Crippen LogP) is 11.9. The fraction of sp³-hybridized carbons (Fsp3) is 0.0588. The molecular weight excluding hydrogens is 800 g/mol. The number of aromatic nitrogens is 4. The van der Waals surface area contributed by atoms with Gasteiger partial charge in [0.2, 0.25) is 11.9 Å². The number of ether oxygens (including phenoxy) is 2. The molecule has 0 bridgehead atoms. The van der Waals surface area contributed by atoms with E-state index in [0.717, 1.165) is 22.5 Å². The summed E-state index contributed by atoms with van der Waals surface area (Å²) in [6.07, 6.45) is 0. The molecule has 3 N–H and O–H groups in total. The topological polar surface area (TPSA) is 131 Å². The van der Waals surface area contributed by atoms with Gasteiger partial charge in [-0.3, -0.25) is 14.3 Å². The first-order valence-electron chi connectivity index (χ1n) is 14.5. The zero-order valence-corrected chi connectivity index (χ0v) is 32.0. The number of halogens is 6. The van der Waals surface area contributed by atoms with Gasteiger partial charge in [0, 0.05) is 34.6 Å². The first kappa shape index (κ1) is 39.8. The molecule has 10 nitrogen and oxygen atoms in total. The number of nitrogens with zero attached hydrogens (tertiary/aromatic N) is 3. The number of anilines is 4. The minimum absolute atomic E-state index is 0.235. The summed E-state index contributed by atoms with van der Waals surface area (Å²) in [5, 5.41) is 4.25. The lowest BCUT2D eigenvalue weighted by Crippen LogP contribution is -2.10. The number of aromatic amines is 1. The highest BCUT2D eigenvalue weighted by atomic mass is 36.0. The van der Waals surface area contributed by atoms with Crippen LogP contribution in [0.25, 0.3) is 22.5 Å². The molecule has 0 unspecified atom stereocenters. The van der Waals surface area contributed by atoms with Gasteiger partial charge in [0.25, 0.3) is 5.56 Å². The Morgan fingerprint density at radius 3 is 1.57 bits per heavy atom. The SMILES string of the molecule is COc1ccc(Nc2nc(-c3ccccc3)cc(=O)[nH]2)cc1Cl.COc1ccc(Nc2nc(Cl)cc(-c3ccccc3)n2)cc1Cl.O=P(Cl)(Cl)Cl.